The summed E-state index contributed by atoms with van der Waals surface area (Å²) in [6.07, 6.45) is 3.63. The topological polar surface area (TPSA) is 45.2 Å². The molecular weight excluding hydrogens is 302 g/mol. The van der Waals surface area contributed by atoms with Crippen molar-refractivity contribution in [2.75, 3.05) is 26.9 Å². The number of aromatic nitrogens is 1. The lowest BCUT2D eigenvalue weighted by molar-refractivity contribution is 0.0938. The molecular formula is C15H19N3OS2. The predicted octanol–water partition coefficient (Wildman–Crippen LogP) is 2.90. The van der Waals surface area contributed by atoms with E-state index in [2.05, 4.69) is 32.0 Å². The highest BCUT2D eigenvalue weighted by Gasteiger charge is 2.17. The standard InChI is InChI=1S/C15H19N3OS2/c1-18(2)13(11-6-8-21-10-11)9-17-14(19)12-5-4-7-16-15(12)20-3/h4-8,10,13H,9H2,1-3H3,(H,17,19). The van der Waals surface area contributed by atoms with Gasteiger partial charge in [-0.05, 0) is 54.9 Å². The Bertz CT molecular complexity index is 584. The van der Waals surface area contributed by atoms with Gasteiger partial charge in [0.2, 0.25) is 0 Å². The lowest BCUT2D eigenvalue weighted by Gasteiger charge is -2.24. The molecule has 2 heterocycles. The van der Waals surface area contributed by atoms with Crippen molar-refractivity contribution in [1.29, 1.82) is 0 Å². The van der Waals surface area contributed by atoms with Crippen LogP contribution in [0, 0.1) is 0 Å². The number of rotatable bonds is 6. The minimum absolute atomic E-state index is 0.0745. The Morgan fingerprint density at radius 3 is 2.90 bits per heavy atom. The average Bonchev–Trinajstić information content (AvgIpc) is 3.01. The summed E-state index contributed by atoms with van der Waals surface area (Å²) >= 11 is 3.15. The van der Waals surface area contributed by atoms with Gasteiger partial charge in [0.25, 0.3) is 5.91 Å². The van der Waals surface area contributed by atoms with E-state index in [0.29, 0.717) is 12.1 Å². The number of nitrogens with zero attached hydrogens (tertiary/aromatic N) is 2. The summed E-state index contributed by atoms with van der Waals surface area (Å²) in [5.74, 6) is -0.0745. The van der Waals surface area contributed by atoms with Crippen molar-refractivity contribution in [3.63, 3.8) is 0 Å². The zero-order valence-electron chi connectivity index (χ0n) is 12.4. The number of carbonyl (C=O) groups excluding carboxylic acids is 1. The Labute approximate surface area is 133 Å². The number of carbonyl (C=O) groups is 1. The van der Waals surface area contributed by atoms with E-state index >= 15 is 0 Å². The number of thiophene rings is 1. The van der Waals surface area contributed by atoms with Crippen LogP contribution in [0.5, 0.6) is 0 Å². The van der Waals surface area contributed by atoms with Gasteiger partial charge in [-0.15, -0.1) is 11.8 Å². The quantitative estimate of drug-likeness (QED) is 0.831. The molecule has 6 heteroatoms. The number of likely N-dealkylation sites (N-methyl/N-ethyl adjacent to an activating group) is 1. The van der Waals surface area contributed by atoms with E-state index in [0.717, 1.165) is 5.03 Å². The van der Waals surface area contributed by atoms with Crippen LogP contribution in [-0.4, -0.2) is 42.7 Å². The summed E-state index contributed by atoms with van der Waals surface area (Å²) in [5, 5.41) is 7.95. The Morgan fingerprint density at radius 1 is 1.48 bits per heavy atom. The van der Waals surface area contributed by atoms with E-state index in [-0.39, 0.29) is 11.9 Å². The molecule has 2 aromatic heterocycles. The lowest BCUT2D eigenvalue weighted by atomic mass is 10.1. The van der Waals surface area contributed by atoms with Gasteiger partial charge >= 0.3 is 0 Å². The maximum absolute atomic E-state index is 12.3. The molecule has 1 unspecified atom stereocenters. The van der Waals surface area contributed by atoms with Gasteiger partial charge < -0.3 is 10.2 Å². The van der Waals surface area contributed by atoms with E-state index in [4.69, 9.17) is 0 Å². The first kappa shape index (κ1) is 16.0. The molecule has 0 aliphatic carbocycles. The third-order valence-corrected chi connectivity index (χ3v) is 4.63. The third-order valence-electron chi connectivity index (χ3n) is 3.22. The van der Waals surface area contributed by atoms with Crippen molar-refractivity contribution >= 4 is 29.0 Å². The lowest BCUT2D eigenvalue weighted by Crippen LogP contribution is -2.34. The second-order valence-electron chi connectivity index (χ2n) is 4.81. The molecule has 0 bridgehead atoms. The average molecular weight is 321 g/mol. The van der Waals surface area contributed by atoms with Crippen LogP contribution in [0.1, 0.15) is 22.0 Å². The number of hydrogen-bond donors (Lipinski definition) is 1. The fourth-order valence-electron chi connectivity index (χ4n) is 2.07. The SMILES string of the molecule is CSc1ncccc1C(=O)NCC(c1ccsc1)N(C)C. The maximum atomic E-state index is 12.3. The van der Waals surface area contributed by atoms with Crippen LogP contribution in [0.25, 0.3) is 0 Å². The molecule has 1 N–H and O–H groups in total. The highest BCUT2D eigenvalue weighted by Crippen LogP contribution is 2.21. The molecule has 0 spiro atoms. The first-order chi connectivity index (χ1) is 10.1. The van der Waals surface area contributed by atoms with Crippen LogP contribution in [0.2, 0.25) is 0 Å². The van der Waals surface area contributed by atoms with Crippen LogP contribution in [0.3, 0.4) is 0 Å². The Hall–Kier alpha value is -1.37. The Kier molecular flexibility index (Phi) is 5.78. The number of amides is 1. The molecule has 2 aromatic rings. The van der Waals surface area contributed by atoms with E-state index in [1.807, 2.05) is 26.4 Å². The molecule has 0 aliphatic heterocycles. The van der Waals surface area contributed by atoms with Crippen molar-refractivity contribution < 1.29 is 4.79 Å². The Balaban J connectivity index is 2.06. The van der Waals surface area contributed by atoms with E-state index in [1.165, 1.54) is 17.3 Å². The van der Waals surface area contributed by atoms with Crippen molar-refractivity contribution in [3.05, 3.63) is 46.3 Å². The predicted molar refractivity (Wildman–Crippen MR) is 89.1 cm³/mol. The highest BCUT2D eigenvalue weighted by atomic mass is 32.2. The second-order valence-corrected chi connectivity index (χ2v) is 6.38. The number of hydrogen-bond acceptors (Lipinski definition) is 5. The molecule has 0 saturated heterocycles. The molecule has 0 aliphatic rings. The summed E-state index contributed by atoms with van der Waals surface area (Å²) in [6.45, 7) is 0.575. The van der Waals surface area contributed by atoms with E-state index < -0.39 is 0 Å². The molecule has 0 fully saturated rings. The summed E-state index contributed by atoms with van der Waals surface area (Å²) in [4.78, 5) is 18.7. The van der Waals surface area contributed by atoms with Gasteiger partial charge in [0.15, 0.2) is 0 Å². The van der Waals surface area contributed by atoms with Gasteiger partial charge in [-0.25, -0.2) is 4.98 Å². The van der Waals surface area contributed by atoms with Crippen molar-refractivity contribution in [2.24, 2.45) is 0 Å². The summed E-state index contributed by atoms with van der Waals surface area (Å²) in [6, 6.07) is 5.87. The first-order valence-electron chi connectivity index (χ1n) is 6.59. The number of pyridine rings is 1. The third kappa shape index (κ3) is 4.06. The zero-order valence-corrected chi connectivity index (χ0v) is 14.0. The van der Waals surface area contributed by atoms with Crippen LogP contribution in [0.4, 0.5) is 0 Å². The molecule has 21 heavy (non-hydrogen) atoms. The first-order valence-corrected chi connectivity index (χ1v) is 8.76. The maximum Gasteiger partial charge on any atom is 0.254 e. The van der Waals surface area contributed by atoms with Crippen LogP contribution < -0.4 is 5.32 Å². The smallest absolute Gasteiger partial charge is 0.254 e. The van der Waals surface area contributed by atoms with Gasteiger partial charge in [0.1, 0.15) is 5.03 Å². The van der Waals surface area contributed by atoms with Crippen LogP contribution in [-0.2, 0) is 0 Å². The van der Waals surface area contributed by atoms with E-state index in [1.54, 1.807) is 23.6 Å². The van der Waals surface area contributed by atoms with Crippen molar-refractivity contribution in [2.45, 2.75) is 11.1 Å². The van der Waals surface area contributed by atoms with Crippen LogP contribution >= 0.6 is 23.1 Å². The van der Waals surface area contributed by atoms with Gasteiger partial charge in [0, 0.05) is 12.7 Å². The molecule has 0 radical (unpaired) electrons. The fourth-order valence-corrected chi connectivity index (χ4v) is 3.33. The largest absolute Gasteiger partial charge is 0.350 e. The van der Waals surface area contributed by atoms with Crippen molar-refractivity contribution in [3.8, 4) is 0 Å². The number of nitrogens with one attached hydrogen (secondary N) is 1. The normalized spacial score (nSPS) is 12.4. The monoisotopic (exact) mass is 321 g/mol. The number of thioether (sulfide) groups is 1. The molecule has 2 rings (SSSR count). The van der Waals surface area contributed by atoms with Crippen LogP contribution in [0.15, 0.2) is 40.2 Å². The fraction of sp³-hybridized carbons (Fsp3) is 0.333. The molecule has 1 amide bonds. The van der Waals surface area contributed by atoms with E-state index in [9.17, 15) is 4.79 Å². The van der Waals surface area contributed by atoms with Gasteiger partial charge in [-0.3, -0.25) is 4.79 Å². The van der Waals surface area contributed by atoms with Gasteiger partial charge in [0.05, 0.1) is 11.6 Å². The molecule has 4 nitrogen and oxygen atoms in total. The molecule has 0 saturated carbocycles. The zero-order chi connectivity index (χ0) is 15.2. The second kappa shape index (κ2) is 7.59. The highest BCUT2D eigenvalue weighted by molar-refractivity contribution is 7.98. The summed E-state index contributed by atoms with van der Waals surface area (Å²) in [7, 11) is 4.04. The Morgan fingerprint density at radius 2 is 2.29 bits per heavy atom. The minimum atomic E-state index is -0.0745. The van der Waals surface area contributed by atoms with Gasteiger partial charge in [-0.2, -0.15) is 11.3 Å². The molecule has 0 aromatic carbocycles. The minimum Gasteiger partial charge on any atom is -0.350 e. The molecule has 1 atom stereocenters. The summed E-state index contributed by atoms with van der Waals surface area (Å²) in [5.41, 5.74) is 1.86. The van der Waals surface area contributed by atoms with Crippen molar-refractivity contribution in [1.82, 2.24) is 15.2 Å². The molecule has 112 valence electrons. The summed E-state index contributed by atoms with van der Waals surface area (Å²) < 4.78 is 0. The van der Waals surface area contributed by atoms with Gasteiger partial charge in [-0.1, -0.05) is 0 Å².